The van der Waals surface area contributed by atoms with Gasteiger partial charge in [-0.15, -0.1) is 0 Å². The third-order valence-electron chi connectivity index (χ3n) is 3.90. The van der Waals surface area contributed by atoms with E-state index in [1.165, 1.54) is 12.0 Å². The van der Waals surface area contributed by atoms with Crippen LogP contribution in [-0.2, 0) is 4.74 Å². The lowest BCUT2D eigenvalue weighted by molar-refractivity contribution is -0.0645. The minimum Gasteiger partial charge on any atom is -0.465 e. The molecule has 0 N–H and O–H groups in total. The van der Waals surface area contributed by atoms with E-state index in [2.05, 4.69) is 52.8 Å². The molecule has 0 saturated heterocycles. The summed E-state index contributed by atoms with van der Waals surface area (Å²) >= 11 is 0. The van der Waals surface area contributed by atoms with Gasteiger partial charge in [0.15, 0.2) is 6.29 Å². The van der Waals surface area contributed by atoms with E-state index in [-0.39, 0.29) is 11.7 Å². The average molecular weight is 317 g/mol. The summed E-state index contributed by atoms with van der Waals surface area (Å²) in [6, 6.07) is 10.4. The molecule has 0 aromatic heterocycles. The van der Waals surface area contributed by atoms with E-state index in [0.717, 1.165) is 5.75 Å². The molecular formula is C20H31NO2. The monoisotopic (exact) mass is 317 g/mol. The number of hydrogen-bond donors (Lipinski definition) is 0. The lowest BCUT2D eigenvalue weighted by Crippen LogP contribution is -2.20. The van der Waals surface area contributed by atoms with Crippen LogP contribution in [0.5, 0.6) is 5.75 Å². The van der Waals surface area contributed by atoms with E-state index in [0.29, 0.717) is 24.9 Å². The highest BCUT2D eigenvalue weighted by Crippen LogP contribution is 2.40. The second kappa shape index (κ2) is 8.93. The number of hydrogen-bond acceptors (Lipinski definition) is 3. The molecule has 1 rings (SSSR count). The van der Waals surface area contributed by atoms with Crippen LogP contribution >= 0.6 is 0 Å². The summed E-state index contributed by atoms with van der Waals surface area (Å²) in [7, 11) is 0. The average Bonchev–Trinajstić information content (AvgIpc) is 2.45. The molecular weight excluding hydrogens is 286 g/mol. The van der Waals surface area contributed by atoms with E-state index in [4.69, 9.17) is 14.7 Å². The molecule has 1 aromatic rings. The molecule has 0 saturated carbocycles. The molecule has 2 unspecified atom stereocenters. The second-order valence-corrected chi connectivity index (χ2v) is 7.58. The van der Waals surface area contributed by atoms with Gasteiger partial charge in [-0.3, -0.25) is 0 Å². The van der Waals surface area contributed by atoms with Crippen LogP contribution in [0.1, 0.15) is 65.9 Å². The first-order valence-electron chi connectivity index (χ1n) is 8.49. The van der Waals surface area contributed by atoms with Crippen LogP contribution in [0.3, 0.4) is 0 Å². The maximum atomic E-state index is 8.51. The van der Waals surface area contributed by atoms with Crippen molar-refractivity contribution in [1.82, 2.24) is 0 Å². The van der Waals surface area contributed by atoms with E-state index < -0.39 is 0 Å². The Morgan fingerprint density at radius 2 is 1.70 bits per heavy atom. The summed E-state index contributed by atoms with van der Waals surface area (Å²) in [5.41, 5.74) is 1.59. The maximum Gasteiger partial charge on any atom is 0.197 e. The van der Waals surface area contributed by atoms with E-state index in [1.807, 2.05) is 19.1 Å². The predicted octanol–water partition coefficient (Wildman–Crippen LogP) is 5.52. The molecule has 0 radical (unpaired) electrons. The lowest BCUT2D eigenvalue weighted by Gasteiger charge is -2.32. The number of benzene rings is 1. The van der Waals surface area contributed by atoms with Gasteiger partial charge in [-0.05, 0) is 48.3 Å². The van der Waals surface area contributed by atoms with Gasteiger partial charge in [0.05, 0.1) is 19.1 Å². The standard InChI is InChI=1S/C20H31NO2/c1-15(2)14-19(20(4,5)6)17-8-10-18(11-9-17)23-16(3)22-13-7-12-21/h8-11,15-16,19H,7,13-14H2,1-6H3. The molecule has 0 amide bonds. The van der Waals surface area contributed by atoms with Gasteiger partial charge < -0.3 is 9.47 Å². The Kier molecular flexibility index (Phi) is 7.58. The minimum atomic E-state index is -0.344. The van der Waals surface area contributed by atoms with Crippen molar-refractivity contribution >= 4 is 0 Å². The first-order chi connectivity index (χ1) is 10.7. The molecule has 0 spiro atoms. The predicted molar refractivity (Wildman–Crippen MR) is 94.4 cm³/mol. The fraction of sp³-hybridized carbons (Fsp3) is 0.650. The maximum absolute atomic E-state index is 8.51. The smallest absolute Gasteiger partial charge is 0.197 e. The first kappa shape index (κ1) is 19.5. The Morgan fingerprint density at radius 3 is 2.17 bits per heavy atom. The molecule has 0 aliphatic heterocycles. The summed E-state index contributed by atoms with van der Waals surface area (Å²) in [6.45, 7) is 13.7. The molecule has 3 nitrogen and oxygen atoms in total. The molecule has 3 heteroatoms. The Balaban J connectivity index is 2.72. The fourth-order valence-corrected chi connectivity index (χ4v) is 2.74. The summed E-state index contributed by atoms with van der Waals surface area (Å²) in [5, 5.41) is 8.51. The highest BCUT2D eigenvalue weighted by atomic mass is 16.7. The topological polar surface area (TPSA) is 42.2 Å². The molecule has 0 aliphatic carbocycles. The minimum absolute atomic E-state index is 0.236. The van der Waals surface area contributed by atoms with Gasteiger partial charge >= 0.3 is 0 Å². The third-order valence-corrected chi connectivity index (χ3v) is 3.90. The summed E-state index contributed by atoms with van der Waals surface area (Å²) < 4.78 is 11.2. The molecule has 1 aromatic carbocycles. The van der Waals surface area contributed by atoms with Gasteiger partial charge in [-0.2, -0.15) is 5.26 Å². The molecule has 0 fully saturated rings. The van der Waals surface area contributed by atoms with Gasteiger partial charge in [0, 0.05) is 0 Å². The number of ether oxygens (including phenoxy) is 2. The van der Waals surface area contributed by atoms with Crippen molar-refractivity contribution in [2.24, 2.45) is 11.3 Å². The number of rotatable bonds is 8. The zero-order chi connectivity index (χ0) is 17.5. The van der Waals surface area contributed by atoms with Crippen LogP contribution < -0.4 is 4.74 Å². The summed E-state index contributed by atoms with van der Waals surface area (Å²) in [4.78, 5) is 0. The van der Waals surface area contributed by atoms with E-state index in [9.17, 15) is 0 Å². The molecule has 0 bridgehead atoms. The Bertz CT molecular complexity index is 494. The fourth-order valence-electron chi connectivity index (χ4n) is 2.74. The van der Waals surface area contributed by atoms with Gasteiger partial charge in [0.2, 0.25) is 0 Å². The summed E-state index contributed by atoms with van der Waals surface area (Å²) in [5.74, 6) is 2.00. The van der Waals surface area contributed by atoms with Crippen molar-refractivity contribution < 1.29 is 9.47 Å². The van der Waals surface area contributed by atoms with Gasteiger partial charge in [0.1, 0.15) is 5.75 Å². The zero-order valence-corrected chi connectivity index (χ0v) is 15.4. The van der Waals surface area contributed by atoms with Crippen molar-refractivity contribution in [3.8, 4) is 11.8 Å². The second-order valence-electron chi connectivity index (χ2n) is 7.58. The van der Waals surface area contributed by atoms with Gasteiger partial charge in [-0.1, -0.05) is 46.8 Å². The van der Waals surface area contributed by atoms with Crippen LogP contribution in [0, 0.1) is 22.7 Å². The highest BCUT2D eigenvalue weighted by molar-refractivity contribution is 5.30. The largest absolute Gasteiger partial charge is 0.465 e. The van der Waals surface area contributed by atoms with Crippen LogP contribution in [0.4, 0.5) is 0 Å². The van der Waals surface area contributed by atoms with E-state index in [1.54, 1.807) is 0 Å². The quantitative estimate of drug-likeness (QED) is 0.468. The Hall–Kier alpha value is -1.53. The lowest BCUT2D eigenvalue weighted by atomic mass is 9.72. The first-order valence-corrected chi connectivity index (χ1v) is 8.49. The summed E-state index contributed by atoms with van der Waals surface area (Å²) in [6.07, 6.45) is 1.22. The number of nitriles is 1. The molecule has 0 aliphatic rings. The molecule has 2 atom stereocenters. The SMILES string of the molecule is CC(C)CC(c1ccc(OC(C)OCCC#N)cc1)C(C)(C)C. The van der Waals surface area contributed by atoms with Crippen LogP contribution in [0.15, 0.2) is 24.3 Å². The van der Waals surface area contributed by atoms with Crippen LogP contribution in [-0.4, -0.2) is 12.9 Å². The van der Waals surface area contributed by atoms with E-state index >= 15 is 0 Å². The number of nitrogens with zero attached hydrogens (tertiary/aromatic N) is 1. The van der Waals surface area contributed by atoms with Crippen molar-refractivity contribution in [3.63, 3.8) is 0 Å². The Morgan fingerprint density at radius 1 is 1.09 bits per heavy atom. The molecule has 0 heterocycles. The van der Waals surface area contributed by atoms with Crippen molar-refractivity contribution in [3.05, 3.63) is 29.8 Å². The normalized spacial score (nSPS) is 14.3. The van der Waals surface area contributed by atoms with Crippen LogP contribution in [0.25, 0.3) is 0 Å². The van der Waals surface area contributed by atoms with Crippen molar-refractivity contribution in [2.75, 3.05) is 6.61 Å². The van der Waals surface area contributed by atoms with Crippen molar-refractivity contribution in [2.45, 2.75) is 66.6 Å². The van der Waals surface area contributed by atoms with Crippen molar-refractivity contribution in [1.29, 1.82) is 5.26 Å². The zero-order valence-electron chi connectivity index (χ0n) is 15.4. The van der Waals surface area contributed by atoms with Gasteiger partial charge in [-0.25, -0.2) is 0 Å². The third kappa shape index (κ3) is 7.05. The molecule has 23 heavy (non-hydrogen) atoms. The molecule has 128 valence electrons. The van der Waals surface area contributed by atoms with Crippen LogP contribution in [0.2, 0.25) is 0 Å². The highest BCUT2D eigenvalue weighted by Gasteiger charge is 2.26. The van der Waals surface area contributed by atoms with Gasteiger partial charge in [0.25, 0.3) is 0 Å². The Labute approximate surface area is 141 Å².